The number of aromatic nitrogens is 2. The summed E-state index contributed by atoms with van der Waals surface area (Å²) in [5.74, 6) is 0. The first kappa shape index (κ1) is 14.8. The lowest BCUT2D eigenvalue weighted by Crippen LogP contribution is -2.28. The Labute approximate surface area is 130 Å². The van der Waals surface area contributed by atoms with E-state index in [0.717, 1.165) is 6.33 Å². The zero-order valence-electron chi connectivity index (χ0n) is 10.9. The fourth-order valence-corrected chi connectivity index (χ4v) is 2.75. The minimum atomic E-state index is -4.51. The summed E-state index contributed by atoms with van der Waals surface area (Å²) in [4.78, 5) is 16.2. The molecule has 8 heteroatoms. The van der Waals surface area contributed by atoms with E-state index in [-0.39, 0.29) is 15.8 Å². The van der Waals surface area contributed by atoms with Crippen LogP contribution < -0.4 is 5.56 Å². The Morgan fingerprint density at radius 1 is 1.23 bits per heavy atom. The number of fused-ring (bicyclic) bond motifs is 1. The average Bonchev–Trinajstić information content (AvgIpc) is 2.79. The van der Waals surface area contributed by atoms with Gasteiger partial charge in [-0.2, -0.15) is 13.2 Å². The van der Waals surface area contributed by atoms with Crippen LogP contribution in [0.4, 0.5) is 13.2 Å². The van der Waals surface area contributed by atoms with Gasteiger partial charge in [-0.05, 0) is 21.5 Å². The van der Waals surface area contributed by atoms with Crippen molar-refractivity contribution in [3.8, 4) is 11.1 Å². The predicted molar refractivity (Wildman–Crippen MR) is 77.5 cm³/mol. The van der Waals surface area contributed by atoms with Gasteiger partial charge in [0.1, 0.15) is 18.3 Å². The van der Waals surface area contributed by atoms with Gasteiger partial charge in [0.25, 0.3) is 5.56 Å². The molecule has 4 nitrogen and oxygen atoms in total. The zero-order valence-corrected chi connectivity index (χ0v) is 12.5. The molecule has 2 aromatic heterocycles. The van der Waals surface area contributed by atoms with Crippen molar-refractivity contribution in [2.75, 3.05) is 0 Å². The van der Waals surface area contributed by atoms with Crippen LogP contribution in [0.25, 0.3) is 22.2 Å². The van der Waals surface area contributed by atoms with Crippen molar-refractivity contribution < 1.29 is 17.6 Å². The Bertz CT molecular complexity index is 885. The van der Waals surface area contributed by atoms with Crippen LogP contribution >= 0.6 is 15.9 Å². The summed E-state index contributed by atoms with van der Waals surface area (Å²) in [7, 11) is 0. The summed E-state index contributed by atoms with van der Waals surface area (Å²) in [6, 6.07) is 8.77. The Kier molecular flexibility index (Phi) is 3.56. The van der Waals surface area contributed by atoms with Crippen molar-refractivity contribution in [2.24, 2.45) is 0 Å². The third kappa shape index (κ3) is 2.66. The van der Waals surface area contributed by atoms with Crippen LogP contribution in [0, 0.1) is 0 Å². The van der Waals surface area contributed by atoms with E-state index < -0.39 is 18.3 Å². The number of hydrogen-bond donors (Lipinski definition) is 0. The maximum atomic E-state index is 12.5. The molecule has 0 atom stereocenters. The molecule has 0 aliphatic carbocycles. The zero-order chi connectivity index (χ0) is 15.9. The summed E-state index contributed by atoms with van der Waals surface area (Å²) in [6.07, 6.45) is -3.67. The van der Waals surface area contributed by atoms with Crippen LogP contribution in [0.3, 0.4) is 0 Å². The van der Waals surface area contributed by atoms with E-state index in [1.165, 1.54) is 0 Å². The molecule has 0 saturated carbocycles. The Morgan fingerprint density at radius 2 is 1.91 bits per heavy atom. The lowest BCUT2D eigenvalue weighted by molar-refractivity contribution is -0.141. The molecule has 0 saturated heterocycles. The molecule has 0 amide bonds. The molecule has 3 rings (SSSR count). The van der Waals surface area contributed by atoms with E-state index in [4.69, 9.17) is 4.42 Å². The third-order valence-corrected chi connectivity index (χ3v) is 3.61. The lowest BCUT2D eigenvalue weighted by atomic mass is 10.1. The minimum Gasteiger partial charge on any atom is -0.430 e. The summed E-state index contributed by atoms with van der Waals surface area (Å²) < 4.78 is 43.7. The smallest absolute Gasteiger partial charge is 0.406 e. The molecule has 0 radical (unpaired) electrons. The summed E-state index contributed by atoms with van der Waals surface area (Å²) in [5, 5.41) is 0.0184. The first-order valence-electron chi connectivity index (χ1n) is 6.16. The summed E-state index contributed by atoms with van der Waals surface area (Å²) >= 11 is 3.19. The normalized spacial score (nSPS) is 12.0. The average molecular weight is 373 g/mol. The van der Waals surface area contributed by atoms with Gasteiger partial charge in [-0.15, -0.1) is 0 Å². The molecule has 0 spiro atoms. The highest BCUT2D eigenvalue weighted by atomic mass is 79.9. The van der Waals surface area contributed by atoms with Crippen LogP contribution in [0.2, 0.25) is 0 Å². The molecule has 0 fully saturated rings. The number of alkyl halides is 3. The standard InChI is InChI=1S/C14H8BrF3N2O2/c15-11-9(8-4-2-1-3-5-8)10-12(22-11)19-7-20(13(10)21)6-14(16,17)18/h1-5,7H,6H2. The fourth-order valence-electron chi connectivity index (χ4n) is 2.17. The van der Waals surface area contributed by atoms with Crippen molar-refractivity contribution in [1.29, 1.82) is 0 Å². The molecule has 0 N–H and O–H groups in total. The number of halogens is 4. The second-order valence-electron chi connectivity index (χ2n) is 4.59. The lowest BCUT2D eigenvalue weighted by Gasteiger charge is -2.08. The van der Waals surface area contributed by atoms with Crippen LogP contribution in [0.1, 0.15) is 0 Å². The molecule has 0 bridgehead atoms. The number of hydrogen-bond acceptors (Lipinski definition) is 3. The second-order valence-corrected chi connectivity index (χ2v) is 5.31. The van der Waals surface area contributed by atoms with Crippen molar-refractivity contribution >= 4 is 27.0 Å². The van der Waals surface area contributed by atoms with Gasteiger partial charge in [0.05, 0.1) is 5.56 Å². The van der Waals surface area contributed by atoms with E-state index in [1.54, 1.807) is 30.3 Å². The SMILES string of the molecule is O=c1c2c(-c3ccccc3)c(Br)oc2ncn1CC(F)(F)F. The molecule has 0 unspecified atom stereocenters. The van der Waals surface area contributed by atoms with Crippen molar-refractivity contribution in [3.05, 3.63) is 51.7 Å². The van der Waals surface area contributed by atoms with Gasteiger partial charge in [-0.1, -0.05) is 30.3 Å². The third-order valence-electron chi connectivity index (χ3n) is 3.05. The summed E-state index contributed by atoms with van der Waals surface area (Å²) in [6.45, 7) is -1.40. The van der Waals surface area contributed by atoms with Gasteiger partial charge in [0.15, 0.2) is 4.67 Å². The van der Waals surface area contributed by atoms with Gasteiger partial charge in [-0.25, -0.2) is 4.98 Å². The molecule has 114 valence electrons. The number of nitrogens with zero attached hydrogens (tertiary/aromatic N) is 2. The van der Waals surface area contributed by atoms with Gasteiger partial charge in [-0.3, -0.25) is 9.36 Å². The summed E-state index contributed by atoms with van der Waals surface area (Å²) in [5.41, 5.74) is 0.242. The fraction of sp³-hybridized carbons (Fsp3) is 0.143. The van der Waals surface area contributed by atoms with Crippen LogP contribution in [-0.2, 0) is 6.54 Å². The highest BCUT2D eigenvalue weighted by Gasteiger charge is 2.29. The van der Waals surface area contributed by atoms with E-state index in [1.807, 2.05) is 0 Å². The molecule has 2 heterocycles. The Balaban J connectivity index is 2.28. The maximum absolute atomic E-state index is 12.5. The van der Waals surface area contributed by atoms with E-state index in [0.29, 0.717) is 15.7 Å². The van der Waals surface area contributed by atoms with Crippen LogP contribution in [0.5, 0.6) is 0 Å². The molecular formula is C14H8BrF3N2O2. The maximum Gasteiger partial charge on any atom is 0.406 e. The topological polar surface area (TPSA) is 48.0 Å². The van der Waals surface area contributed by atoms with Crippen molar-refractivity contribution in [3.63, 3.8) is 0 Å². The van der Waals surface area contributed by atoms with E-state index >= 15 is 0 Å². The predicted octanol–water partition coefficient (Wildman–Crippen LogP) is 3.98. The van der Waals surface area contributed by atoms with E-state index in [2.05, 4.69) is 20.9 Å². The monoisotopic (exact) mass is 372 g/mol. The van der Waals surface area contributed by atoms with Gasteiger partial charge < -0.3 is 4.42 Å². The molecule has 1 aromatic carbocycles. The highest BCUT2D eigenvalue weighted by Crippen LogP contribution is 2.35. The van der Waals surface area contributed by atoms with Gasteiger partial charge >= 0.3 is 6.18 Å². The number of benzene rings is 1. The van der Waals surface area contributed by atoms with Gasteiger partial charge in [0.2, 0.25) is 5.71 Å². The Hall–Kier alpha value is -2.09. The van der Waals surface area contributed by atoms with Crippen LogP contribution in [0.15, 0.2) is 50.5 Å². The molecule has 22 heavy (non-hydrogen) atoms. The second kappa shape index (κ2) is 5.28. The van der Waals surface area contributed by atoms with Gasteiger partial charge in [0, 0.05) is 0 Å². The first-order chi connectivity index (χ1) is 10.4. The van der Waals surface area contributed by atoms with Crippen molar-refractivity contribution in [1.82, 2.24) is 9.55 Å². The van der Waals surface area contributed by atoms with E-state index in [9.17, 15) is 18.0 Å². The quantitative estimate of drug-likeness (QED) is 0.683. The minimum absolute atomic E-state index is 0.00541. The van der Waals surface area contributed by atoms with Crippen LogP contribution in [-0.4, -0.2) is 15.7 Å². The first-order valence-corrected chi connectivity index (χ1v) is 6.96. The molecular weight excluding hydrogens is 365 g/mol. The number of rotatable bonds is 2. The Morgan fingerprint density at radius 3 is 2.55 bits per heavy atom. The largest absolute Gasteiger partial charge is 0.430 e. The molecule has 3 aromatic rings. The highest BCUT2D eigenvalue weighted by molar-refractivity contribution is 9.10. The number of furan rings is 1. The van der Waals surface area contributed by atoms with Crippen molar-refractivity contribution in [2.45, 2.75) is 12.7 Å². The molecule has 0 aliphatic rings. The molecule has 0 aliphatic heterocycles.